The van der Waals surface area contributed by atoms with Crippen LogP contribution in [0.2, 0.25) is 0 Å². The van der Waals surface area contributed by atoms with Gasteiger partial charge in [-0.3, -0.25) is 19.4 Å². The Hall–Kier alpha value is -2.11. The number of nitrogens with zero attached hydrogens (tertiary/aromatic N) is 2. The van der Waals surface area contributed by atoms with Crippen molar-refractivity contribution >= 4 is 27.5 Å². The van der Waals surface area contributed by atoms with Crippen LogP contribution in [0, 0.1) is 0 Å². The van der Waals surface area contributed by atoms with Crippen molar-refractivity contribution in [2.45, 2.75) is 14.9 Å². The second-order valence-electron chi connectivity index (χ2n) is 4.05. The number of aromatic amines is 1. The molecule has 0 fully saturated rings. The Morgan fingerprint density at radius 2 is 2.00 bits per heavy atom. The number of benzene rings is 1. The molecule has 1 heterocycles. The second kappa shape index (κ2) is 5.35. The molecule has 0 unspecified atom stereocenters. The highest BCUT2D eigenvalue weighted by Crippen LogP contribution is 2.30. The molecule has 9 nitrogen and oxygen atoms in total. The van der Waals surface area contributed by atoms with Gasteiger partial charge in [-0.25, -0.2) is 13.6 Å². The molecular formula is C10H11N5O4S2. The largest absolute Gasteiger partial charge is 0.398 e. The van der Waals surface area contributed by atoms with Gasteiger partial charge in [0.2, 0.25) is 10.0 Å². The molecule has 0 amide bonds. The lowest BCUT2D eigenvalue weighted by molar-refractivity contribution is 0.596. The van der Waals surface area contributed by atoms with Crippen molar-refractivity contribution in [3.63, 3.8) is 0 Å². The van der Waals surface area contributed by atoms with Crippen molar-refractivity contribution in [3.8, 4) is 0 Å². The summed E-state index contributed by atoms with van der Waals surface area (Å²) in [6.45, 7) is 0. The first-order chi connectivity index (χ1) is 9.68. The van der Waals surface area contributed by atoms with E-state index in [1.54, 1.807) is 0 Å². The maximum absolute atomic E-state index is 11.2. The molecule has 11 heteroatoms. The third-order valence-electron chi connectivity index (χ3n) is 2.46. The van der Waals surface area contributed by atoms with Crippen LogP contribution >= 0.6 is 11.8 Å². The zero-order valence-electron chi connectivity index (χ0n) is 10.7. The number of nitrogen functional groups attached to an aromatic ring is 1. The van der Waals surface area contributed by atoms with Crippen LogP contribution in [0.1, 0.15) is 0 Å². The van der Waals surface area contributed by atoms with Gasteiger partial charge in [-0.1, -0.05) is 0 Å². The maximum Gasteiger partial charge on any atom is 0.339 e. The van der Waals surface area contributed by atoms with Crippen LogP contribution in [0.3, 0.4) is 0 Å². The number of rotatable bonds is 3. The minimum absolute atomic E-state index is 0.118. The van der Waals surface area contributed by atoms with Crippen LogP contribution in [0.25, 0.3) is 0 Å². The number of primary sulfonamides is 1. The SMILES string of the molecule is Cn1[nH]c(=O)c(=O)nc1Sc1ccc(S(N)(=O)=O)cc1N. The normalized spacial score (nSPS) is 11.5. The standard InChI is InChI=1S/C10H11N5O4S2/c1-15-10(13-8(16)9(17)14-15)20-7-3-2-5(4-6(7)11)21(12,18)19/h2-4H,11H2,1H3,(H,14,17)(H2,12,18,19). The van der Waals surface area contributed by atoms with Gasteiger partial charge < -0.3 is 5.73 Å². The lowest BCUT2D eigenvalue weighted by Crippen LogP contribution is -2.33. The van der Waals surface area contributed by atoms with Gasteiger partial charge in [-0.2, -0.15) is 4.98 Å². The Balaban J connectivity index is 2.44. The van der Waals surface area contributed by atoms with Crippen molar-refractivity contribution in [3.05, 3.63) is 38.9 Å². The first-order valence-corrected chi connectivity index (χ1v) is 7.82. The van der Waals surface area contributed by atoms with Crippen molar-refractivity contribution in [2.75, 3.05) is 5.73 Å². The Labute approximate surface area is 123 Å². The highest BCUT2D eigenvalue weighted by Gasteiger charge is 2.13. The molecule has 0 bridgehead atoms. The quantitative estimate of drug-likeness (QED) is 0.474. The van der Waals surface area contributed by atoms with E-state index in [1.165, 1.54) is 29.9 Å². The molecule has 5 N–H and O–H groups in total. The third-order valence-corrected chi connectivity index (χ3v) is 4.51. The summed E-state index contributed by atoms with van der Waals surface area (Å²) >= 11 is 1.00. The lowest BCUT2D eigenvalue weighted by Gasteiger charge is -2.08. The maximum atomic E-state index is 11.2. The fraction of sp³-hybridized carbons (Fsp3) is 0.100. The predicted molar refractivity (Wildman–Crippen MR) is 76.4 cm³/mol. The predicted octanol–water partition coefficient (Wildman–Crippen LogP) is -1.15. The molecular weight excluding hydrogens is 318 g/mol. The van der Waals surface area contributed by atoms with Gasteiger partial charge in [0.15, 0.2) is 5.16 Å². The first-order valence-electron chi connectivity index (χ1n) is 5.46. The van der Waals surface area contributed by atoms with Crippen molar-refractivity contribution in [1.29, 1.82) is 0 Å². The van der Waals surface area contributed by atoms with Crippen LogP contribution in [-0.2, 0) is 17.1 Å². The summed E-state index contributed by atoms with van der Waals surface area (Å²) in [6, 6.07) is 3.94. The fourth-order valence-electron chi connectivity index (χ4n) is 1.45. The van der Waals surface area contributed by atoms with Gasteiger partial charge in [0.1, 0.15) is 0 Å². The molecule has 21 heavy (non-hydrogen) atoms. The molecule has 112 valence electrons. The summed E-state index contributed by atoms with van der Waals surface area (Å²) in [5.41, 5.74) is 4.16. The van der Waals surface area contributed by atoms with E-state index in [2.05, 4.69) is 10.1 Å². The van der Waals surface area contributed by atoms with E-state index in [0.717, 1.165) is 11.8 Å². The summed E-state index contributed by atoms with van der Waals surface area (Å²) in [7, 11) is -2.34. The zero-order chi connectivity index (χ0) is 15.8. The molecule has 2 aromatic rings. The third kappa shape index (κ3) is 3.32. The summed E-state index contributed by atoms with van der Waals surface area (Å²) in [5.74, 6) is 0. The van der Waals surface area contributed by atoms with Crippen LogP contribution in [0.5, 0.6) is 0 Å². The number of aromatic nitrogens is 3. The molecule has 0 saturated carbocycles. The van der Waals surface area contributed by atoms with Crippen molar-refractivity contribution < 1.29 is 8.42 Å². The molecule has 1 aromatic heterocycles. The van der Waals surface area contributed by atoms with Crippen LogP contribution < -0.4 is 22.0 Å². The van der Waals surface area contributed by atoms with E-state index in [4.69, 9.17) is 10.9 Å². The molecule has 0 spiro atoms. The van der Waals surface area contributed by atoms with Crippen LogP contribution in [-0.4, -0.2) is 23.2 Å². The van der Waals surface area contributed by atoms with Crippen LogP contribution in [0.4, 0.5) is 5.69 Å². The van der Waals surface area contributed by atoms with Crippen LogP contribution in [0.15, 0.2) is 42.7 Å². The number of sulfonamides is 1. The number of aryl methyl sites for hydroxylation is 1. The number of H-pyrrole nitrogens is 1. The minimum Gasteiger partial charge on any atom is -0.398 e. The average Bonchev–Trinajstić information content (AvgIpc) is 2.36. The summed E-state index contributed by atoms with van der Waals surface area (Å²) in [5, 5.41) is 7.50. The topological polar surface area (TPSA) is 154 Å². The van der Waals surface area contributed by atoms with Gasteiger partial charge in [-0.15, -0.1) is 0 Å². The monoisotopic (exact) mass is 329 g/mol. The summed E-state index contributed by atoms with van der Waals surface area (Å²) in [4.78, 5) is 26.3. The molecule has 0 saturated heterocycles. The molecule has 0 aliphatic carbocycles. The smallest absolute Gasteiger partial charge is 0.339 e. The van der Waals surface area contributed by atoms with Gasteiger partial charge in [0.05, 0.1) is 4.90 Å². The molecule has 1 aromatic carbocycles. The summed E-state index contributed by atoms with van der Waals surface area (Å²) < 4.78 is 23.7. The first kappa shape index (κ1) is 15.3. The van der Waals surface area contributed by atoms with Gasteiger partial charge >= 0.3 is 11.1 Å². The van der Waals surface area contributed by atoms with Gasteiger partial charge in [0, 0.05) is 17.6 Å². The van der Waals surface area contributed by atoms with E-state index >= 15 is 0 Å². The second-order valence-corrected chi connectivity index (χ2v) is 6.62. The zero-order valence-corrected chi connectivity index (χ0v) is 12.4. The Kier molecular flexibility index (Phi) is 3.89. The fourth-order valence-corrected chi connectivity index (χ4v) is 2.82. The summed E-state index contributed by atoms with van der Waals surface area (Å²) in [6.07, 6.45) is 0. The van der Waals surface area contributed by atoms with Gasteiger partial charge in [0.25, 0.3) is 0 Å². The Morgan fingerprint density at radius 1 is 1.33 bits per heavy atom. The molecule has 0 radical (unpaired) electrons. The van der Waals surface area contributed by atoms with E-state index in [-0.39, 0.29) is 15.7 Å². The molecule has 2 rings (SSSR count). The lowest BCUT2D eigenvalue weighted by atomic mass is 10.3. The van der Waals surface area contributed by atoms with E-state index in [1.807, 2.05) is 0 Å². The number of nitrogens with two attached hydrogens (primary N) is 2. The number of nitrogens with one attached hydrogen (secondary N) is 1. The number of hydrogen-bond donors (Lipinski definition) is 3. The van der Waals surface area contributed by atoms with E-state index < -0.39 is 21.1 Å². The highest BCUT2D eigenvalue weighted by atomic mass is 32.2. The number of anilines is 1. The number of hydrogen-bond acceptors (Lipinski definition) is 7. The highest BCUT2D eigenvalue weighted by molar-refractivity contribution is 7.99. The average molecular weight is 329 g/mol. The van der Waals surface area contributed by atoms with Crippen molar-refractivity contribution in [2.24, 2.45) is 12.2 Å². The van der Waals surface area contributed by atoms with E-state index in [0.29, 0.717) is 4.90 Å². The Morgan fingerprint density at radius 3 is 2.57 bits per heavy atom. The van der Waals surface area contributed by atoms with Gasteiger partial charge in [-0.05, 0) is 30.0 Å². The van der Waals surface area contributed by atoms with E-state index in [9.17, 15) is 18.0 Å². The van der Waals surface area contributed by atoms with Crippen molar-refractivity contribution in [1.82, 2.24) is 14.8 Å². The molecule has 0 aliphatic rings. The molecule has 0 atom stereocenters. The minimum atomic E-state index is -3.84. The Bertz CT molecular complexity index is 916. The molecule has 0 aliphatic heterocycles.